The SMILES string of the molecule is CCCN(CCCCC(C)(C)CN(CC)CCC)CC(C)(C)C. The molecule has 0 N–H and O–H groups in total. The highest BCUT2D eigenvalue weighted by Gasteiger charge is 2.21. The van der Waals surface area contributed by atoms with E-state index in [0.29, 0.717) is 10.8 Å². The standard InChI is InChI=1S/C21H46N2/c1-9-15-22(11-3)19-21(7,8)14-12-13-17-23(16-10-2)18-20(4,5)6/h9-19H2,1-8H3. The van der Waals surface area contributed by atoms with Crippen LogP contribution in [0, 0.1) is 10.8 Å². The van der Waals surface area contributed by atoms with Crippen molar-refractivity contribution in [2.45, 2.75) is 87.5 Å². The van der Waals surface area contributed by atoms with Crippen LogP contribution in [0.15, 0.2) is 0 Å². The second-order valence-electron chi connectivity index (χ2n) is 9.33. The minimum Gasteiger partial charge on any atom is -0.303 e. The monoisotopic (exact) mass is 326 g/mol. The minimum atomic E-state index is 0.413. The zero-order valence-electron chi connectivity index (χ0n) is 17.7. The molecule has 0 aromatic carbocycles. The molecule has 0 saturated carbocycles. The number of nitrogens with zero attached hydrogens (tertiary/aromatic N) is 2. The van der Waals surface area contributed by atoms with Crippen LogP contribution in [0.3, 0.4) is 0 Å². The molecule has 0 aliphatic heterocycles. The summed E-state index contributed by atoms with van der Waals surface area (Å²) in [4.78, 5) is 5.28. The van der Waals surface area contributed by atoms with E-state index in [-0.39, 0.29) is 0 Å². The van der Waals surface area contributed by atoms with Gasteiger partial charge < -0.3 is 9.80 Å². The van der Waals surface area contributed by atoms with Crippen LogP contribution in [-0.4, -0.2) is 49.1 Å². The van der Waals surface area contributed by atoms with Gasteiger partial charge in [0.05, 0.1) is 0 Å². The summed E-state index contributed by atoms with van der Waals surface area (Å²) < 4.78 is 0. The largest absolute Gasteiger partial charge is 0.303 e. The number of hydrogen-bond donors (Lipinski definition) is 0. The quantitative estimate of drug-likeness (QED) is 0.402. The van der Waals surface area contributed by atoms with Crippen LogP contribution in [-0.2, 0) is 0 Å². The molecule has 0 spiro atoms. The maximum atomic E-state index is 2.67. The molecule has 0 saturated heterocycles. The summed E-state index contributed by atoms with van der Waals surface area (Å²) in [6.07, 6.45) is 6.59. The molecule has 140 valence electrons. The highest BCUT2D eigenvalue weighted by molar-refractivity contribution is 4.74. The van der Waals surface area contributed by atoms with Gasteiger partial charge in [0.1, 0.15) is 0 Å². The normalized spacial score (nSPS) is 13.3. The van der Waals surface area contributed by atoms with E-state index < -0.39 is 0 Å². The van der Waals surface area contributed by atoms with Crippen molar-refractivity contribution in [2.24, 2.45) is 10.8 Å². The molecule has 0 amide bonds. The Labute approximate surface area is 148 Å². The lowest BCUT2D eigenvalue weighted by Crippen LogP contribution is -2.35. The average molecular weight is 327 g/mol. The van der Waals surface area contributed by atoms with Crippen LogP contribution in [0.1, 0.15) is 87.5 Å². The van der Waals surface area contributed by atoms with Crippen molar-refractivity contribution < 1.29 is 0 Å². The van der Waals surface area contributed by atoms with Gasteiger partial charge in [0, 0.05) is 13.1 Å². The summed E-state index contributed by atoms with van der Waals surface area (Å²) >= 11 is 0. The first kappa shape index (κ1) is 22.9. The lowest BCUT2D eigenvalue weighted by molar-refractivity contribution is 0.162. The second-order valence-corrected chi connectivity index (χ2v) is 9.33. The molecule has 0 heterocycles. The van der Waals surface area contributed by atoms with Crippen molar-refractivity contribution >= 4 is 0 Å². The van der Waals surface area contributed by atoms with Gasteiger partial charge in [0.2, 0.25) is 0 Å². The minimum absolute atomic E-state index is 0.413. The van der Waals surface area contributed by atoms with Gasteiger partial charge >= 0.3 is 0 Å². The summed E-state index contributed by atoms with van der Waals surface area (Å²) in [5.74, 6) is 0. The first-order valence-corrected chi connectivity index (χ1v) is 10.1. The van der Waals surface area contributed by atoms with E-state index in [1.807, 2.05) is 0 Å². The average Bonchev–Trinajstić information content (AvgIpc) is 2.41. The lowest BCUT2D eigenvalue weighted by Gasteiger charge is -2.33. The third kappa shape index (κ3) is 12.9. The Morgan fingerprint density at radius 2 is 1.22 bits per heavy atom. The van der Waals surface area contributed by atoms with Crippen LogP contribution in [0.25, 0.3) is 0 Å². The van der Waals surface area contributed by atoms with Crippen LogP contribution in [0.4, 0.5) is 0 Å². The molecular formula is C21H46N2. The van der Waals surface area contributed by atoms with Crippen molar-refractivity contribution in [2.75, 3.05) is 39.3 Å². The number of unbranched alkanes of at least 4 members (excludes halogenated alkanes) is 1. The van der Waals surface area contributed by atoms with Gasteiger partial charge in [-0.3, -0.25) is 0 Å². The molecule has 0 aromatic heterocycles. The molecule has 2 nitrogen and oxygen atoms in total. The molecule has 0 aromatic rings. The van der Waals surface area contributed by atoms with E-state index in [1.165, 1.54) is 71.4 Å². The van der Waals surface area contributed by atoms with Crippen molar-refractivity contribution in [3.8, 4) is 0 Å². The highest BCUT2D eigenvalue weighted by Crippen LogP contribution is 2.25. The Balaban J connectivity index is 4.14. The van der Waals surface area contributed by atoms with Crippen molar-refractivity contribution in [1.29, 1.82) is 0 Å². The van der Waals surface area contributed by atoms with Gasteiger partial charge in [-0.1, -0.05) is 61.8 Å². The van der Waals surface area contributed by atoms with E-state index in [0.717, 1.165) is 0 Å². The van der Waals surface area contributed by atoms with Crippen LogP contribution < -0.4 is 0 Å². The molecule has 0 bridgehead atoms. The van der Waals surface area contributed by atoms with Crippen LogP contribution in [0.5, 0.6) is 0 Å². The third-order valence-corrected chi connectivity index (χ3v) is 4.45. The Morgan fingerprint density at radius 3 is 1.70 bits per heavy atom. The summed E-state index contributed by atoms with van der Waals surface area (Å²) in [6, 6.07) is 0. The van der Waals surface area contributed by atoms with Crippen LogP contribution in [0.2, 0.25) is 0 Å². The first-order chi connectivity index (χ1) is 10.6. The van der Waals surface area contributed by atoms with E-state index in [2.05, 4.69) is 65.2 Å². The molecule has 0 fully saturated rings. The maximum absolute atomic E-state index is 2.67. The molecule has 0 unspecified atom stereocenters. The fraction of sp³-hybridized carbons (Fsp3) is 1.00. The Bertz CT molecular complexity index is 278. The number of rotatable bonds is 13. The Morgan fingerprint density at radius 1 is 0.652 bits per heavy atom. The molecule has 0 rings (SSSR count). The lowest BCUT2D eigenvalue weighted by atomic mass is 9.86. The molecule has 0 aliphatic carbocycles. The molecule has 2 heteroatoms. The molecule has 0 atom stereocenters. The first-order valence-electron chi connectivity index (χ1n) is 10.1. The summed E-state index contributed by atoms with van der Waals surface area (Å²) in [6.45, 7) is 26.3. The van der Waals surface area contributed by atoms with Crippen LogP contribution >= 0.6 is 0 Å². The predicted molar refractivity (Wildman–Crippen MR) is 106 cm³/mol. The second kappa shape index (κ2) is 11.5. The Kier molecular flexibility index (Phi) is 11.4. The zero-order valence-corrected chi connectivity index (χ0v) is 17.7. The van der Waals surface area contributed by atoms with E-state index >= 15 is 0 Å². The van der Waals surface area contributed by atoms with E-state index in [9.17, 15) is 0 Å². The van der Waals surface area contributed by atoms with Gasteiger partial charge in [-0.25, -0.2) is 0 Å². The fourth-order valence-electron chi connectivity index (χ4n) is 3.55. The molecular weight excluding hydrogens is 280 g/mol. The predicted octanol–water partition coefficient (Wildman–Crippen LogP) is 5.67. The van der Waals surface area contributed by atoms with Gasteiger partial charge in [-0.15, -0.1) is 0 Å². The van der Waals surface area contributed by atoms with Crippen molar-refractivity contribution in [3.05, 3.63) is 0 Å². The molecule has 0 radical (unpaired) electrons. The van der Waals surface area contributed by atoms with Gasteiger partial charge in [0.15, 0.2) is 0 Å². The smallest absolute Gasteiger partial charge is 0.00326 e. The topological polar surface area (TPSA) is 6.48 Å². The molecule has 0 aliphatic rings. The van der Waals surface area contributed by atoms with E-state index in [4.69, 9.17) is 0 Å². The van der Waals surface area contributed by atoms with E-state index in [1.54, 1.807) is 0 Å². The van der Waals surface area contributed by atoms with Gasteiger partial charge in [-0.2, -0.15) is 0 Å². The number of hydrogen-bond acceptors (Lipinski definition) is 2. The maximum Gasteiger partial charge on any atom is 0.00326 e. The van der Waals surface area contributed by atoms with Crippen molar-refractivity contribution in [3.63, 3.8) is 0 Å². The van der Waals surface area contributed by atoms with Gasteiger partial charge in [0.25, 0.3) is 0 Å². The zero-order chi connectivity index (χ0) is 17.9. The van der Waals surface area contributed by atoms with Crippen molar-refractivity contribution in [1.82, 2.24) is 9.80 Å². The summed E-state index contributed by atoms with van der Waals surface area (Å²) in [7, 11) is 0. The third-order valence-electron chi connectivity index (χ3n) is 4.45. The summed E-state index contributed by atoms with van der Waals surface area (Å²) in [5, 5.41) is 0. The fourth-order valence-corrected chi connectivity index (χ4v) is 3.55. The summed E-state index contributed by atoms with van der Waals surface area (Å²) in [5.41, 5.74) is 0.862. The highest BCUT2D eigenvalue weighted by atomic mass is 15.1. The molecule has 23 heavy (non-hydrogen) atoms. The Hall–Kier alpha value is -0.0800. The van der Waals surface area contributed by atoms with Gasteiger partial charge in [-0.05, 0) is 62.7 Å².